The average Bonchev–Trinajstić information content (AvgIpc) is 3.10. The fourth-order valence-electron chi connectivity index (χ4n) is 2.42. The number of nitrogens with zero attached hydrogens (tertiary/aromatic N) is 3. The number of aromatic nitrogens is 3. The number of amides is 2. The molecule has 0 fully saturated rings. The smallest absolute Gasteiger partial charge is 0.315 e. The number of carbonyl (C=O) groups is 1. The number of aliphatic hydroxyl groups is 1. The summed E-state index contributed by atoms with van der Waals surface area (Å²) in [5, 5.41) is 19.7. The van der Waals surface area contributed by atoms with Gasteiger partial charge >= 0.3 is 6.03 Å². The average molecular weight is 325 g/mol. The van der Waals surface area contributed by atoms with Crippen LogP contribution in [-0.4, -0.2) is 32.3 Å². The van der Waals surface area contributed by atoms with Gasteiger partial charge < -0.3 is 15.7 Å². The fraction of sp³-hybridized carbons (Fsp3) is 0.235. The highest BCUT2D eigenvalue weighted by Crippen LogP contribution is 2.14. The van der Waals surface area contributed by atoms with E-state index >= 15 is 0 Å². The van der Waals surface area contributed by atoms with Crippen LogP contribution in [0.3, 0.4) is 0 Å². The molecule has 2 amide bonds. The zero-order valence-electron chi connectivity index (χ0n) is 13.1. The molecule has 1 aromatic carbocycles. The molecule has 3 rings (SSSR count). The molecule has 0 saturated carbocycles. The Balaban J connectivity index is 1.44. The van der Waals surface area contributed by atoms with Crippen molar-refractivity contribution >= 4 is 11.7 Å². The number of rotatable bonds is 6. The van der Waals surface area contributed by atoms with Crippen LogP contribution in [0.25, 0.3) is 5.65 Å². The summed E-state index contributed by atoms with van der Waals surface area (Å²) in [5.41, 5.74) is 2.42. The van der Waals surface area contributed by atoms with Gasteiger partial charge in [0, 0.05) is 18.8 Å². The second kappa shape index (κ2) is 7.56. The van der Waals surface area contributed by atoms with Crippen LogP contribution >= 0.6 is 0 Å². The Morgan fingerprint density at radius 3 is 2.79 bits per heavy atom. The van der Waals surface area contributed by atoms with Crippen LogP contribution in [0.1, 0.15) is 23.8 Å². The normalized spacial score (nSPS) is 12.0. The SMILES string of the molecule is O=C(NCCC(O)c1ccccc1)NCc1ccnc2ccnn12. The second-order valence-electron chi connectivity index (χ2n) is 5.36. The topological polar surface area (TPSA) is 91.5 Å². The number of urea groups is 1. The summed E-state index contributed by atoms with van der Waals surface area (Å²) in [7, 11) is 0. The van der Waals surface area contributed by atoms with Gasteiger partial charge in [0.1, 0.15) is 0 Å². The number of hydrogen-bond acceptors (Lipinski definition) is 4. The molecule has 3 N–H and O–H groups in total. The molecule has 1 unspecified atom stereocenters. The van der Waals surface area contributed by atoms with Crippen molar-refractivity contribution in [2.45, 2.75) is 19.1 Å². The molecule has 1 atom stereocenters. The molecule has 0 saturated heterocycles. The number of benzene rings is 1. The van der Waals surface area contributed by atoms with E-state index < -0.39 is 6.10 Å². The summed E-state index contributed by atoms with van der Waals surface area (Å²) in [6.07, 6.45) is 3.21. The maximum atomic E-state index is 11.9. The molecular weight excluding hydrogens is 306 g/mol. The predicted octanol–water partition coefficient (Wildman–Crippen LogP) is 1.65. The van der Waals surface area contributed by atoms with E-state index in [0.29, 0.717) is 19.5 Å². The third-order valence-electron chi connectivity index (χ3n) is 3.69. The molecule has 2 heterocycles. The van der Waals surface area contributed by atoms with Gasteiger partial charge in [-0.05, 0) is 18.1 Å². The monoisotopic (exact) mass is 325 g/mol. The van der Waals surface area contributed by atoms with Gasteiger partial charge in [0.25, 0.3) is 0 Å². The maximum absolute atomic E-state index is 11.9. The summed E-state index contributed by atoms with van der Waals surface area (Å²) in [5.74, 6) is 0. The molecule has 0 aliphatic carbocycles. The van der Waals surface area contributed by atoms with Crippen molar-refractivity contribution in [1.82, 2.24) is 25.2 Å². The lowest BCUT2D eigenvalue weighted by atomic mass is 10.1. The first-order chi connectivity index (χ1) is 11.7. The Labute approximate surface area is 139 Å². The van der Waals surface area contributed by atoms with E-state index in [1.807, 2.05) is 30.3 Å². The standard InChI is InChI=1S/C17H19N5O2/c23-15(13-4-2-1-3-5-13)7-10-19-17(24)20-12-14-6-9-18-16-8-11-21-22(14)16/h1-6,8-9,11,15,23H,7,10,12H2,(H2,19,20,24). The van der Waals surface area contributed by atoms with Crippen molar-refractivity contribution in [3.8, 4) is 0 Å². The largest absolute Gasteiger partial charge is 0.388 e. The molecule has 0 bridgehead atoms. The van der Waals surface area contributed by atoms with Crippen LogP contribution in [0.5, 0.6) is 0 Å². The van der Waals surface area contributed by atoms with Gasteiger partial charge in [-0.2, -0.15) is 5.10 Å². The van der Waals surface area contributed by atoms with Crippen molar-refractivity contribution in [2.24, 2.45) is 0 Å². The maximum Gasteiger partial charge on any atom is 0.315 e. The molecule has 0 aliphatic heterocycles. The Morgan fingerprint density at radius 2 is 1.96 bits per heavy atom. The Kier molecular flexibility index (Phi) is 5.02. The number of aliphatic hydroxyl groups excluding tert-OH is 1. The van der Waals surface area contributed by atoms with Gasteiger partial charge in [-0.25, -0.2) is 14.3 Å². The molecule has 7 nitrogen and oxygen atoms in total. The van der Waals surface area contributed by atoms with E-state index in [-0.39, 0.29) is 6.03 Å². The highest BCUT2D eigenvalue weighted by Gasteiger charge is 2.08. The highest BCUT2D eigenvalue weighted by atomic mass is 16.3. The van der Waals surface area contributed by atoms with E-state index in [4.69, 9.17) is 0 Å². The molecule has 2 aromatic heterocycles. The third-order valence-corrected chi connectivity index (χ3v) is 3.69. The van der Waals surface area contributed by atoms with Crippen molar-refractivity contribution in [3.05, 3.63) is 66.1 Å². The molecular formula is C17H19N5O2. The first-order valence-corrected chi connectivity index (χ1v) is 7.76. The minimum Gasteiger partial charge on any atom is -0.388 e. The predicted molar refractivity (Wildman–Crippen MR) is 89.2 cm³/mol. The summed E-state index contributed by atoms with van der Waals surface area (Å²) >= 11 is 0. The number of carbonyl (C=O) groups excluding carboxylic acids is 1. The van der Waals surface area contributed by atoms with Crippen molar-refractivity contribution in [2.75, 3.05) is 6.54 Å². The first-order valence-electron chi connectivity index (χ1n) is 7.76. The Hall–Kier alpha value is -2.93. The van der Waals surface area contributed by atoms with Crippen LogP contribution in [-0.2, 0) is 6.54 Å². The number of fused-ring (bicyclic) bond motifs is 1. The summed E-state index contributed by atoms with van der Waals surface area (Å²) in [6.45, 7) is 0.725. The second-order valence-corrected chi connectivity index (χ2v) is 5.36. The van der Waals surface area contributed by atoms with Gasteiger partial charge in [-0.15, -0.1) is 0 Å². The van der Waals surface area contributed by atoms with Crippen LogP contribution in [0.15, 0.2) is 54.9 Å². The fourth-order valence-corrected chi connectivity index (χ4v) is 2.42. The van der Waals surface area contributed by atoms with Crippen molar-refractivity contribution in [1.29, 1.82) is 0 Å². The van der Waals surface area contributed by atoms with Gasteiger partial charge in [-0.1, -0.05) is 30.3 Å². The molecule has 0 aliphatic rings. The lowest BCUT2D eigenvalue weighted by Gasteiger charge is -2.12. The molecule has 0 spiro atoms. The molecule has 24 heavy (non-hydrogen) atoms. The molecule has 124 valence electrons. The van der Waals surface area contributed by atoms with E-state index in [1.54, 1.807) is 29.0 Å². The summed E-state index contributed by atoms with van der Waals surface area (Å²) in [6, 6.07) is 12.7. The third kappa shape index (κ3) is 3.88. The van der Waals surface area contributed by atoms with Crippen LogP contribution in [0.4, 0.5) is 4.79 Å². The molecule has 7 heteroatoms. The zero-order chi connectivity index (χ0) is 16.8. The van der Waals surface area contributed by atoms with Crippen LogP contribution < -0.4 is 10.6 Å². The van der Waals surface area contributed by atoms with E-state index in [9.17, 15) is 9.90 Å². The summed E-state index contributed by atoms with van der Waals surface area (Å²) < 4.78 is 1.68. The first kappa shape index (κ1) is 15.9. The van der Waals surface area contributed by atoms with E-state index in [1.165, 1.54) is 0 Å². The van der Waals surface area contributed by atoms with Gasteiger partial charge in [0.2, 0.25) is 0 Å². The van der Waals surface area contributed by atoms with E-state index in [2.05, 4.69) is 20.7 Å². The van der Waals surface area contributed by atoms with Crippen LogP contribution in [0, 0.1) is 0 Å². The van der Waals surface area contributed by atoms with Crippen molar-refractivity contribution < 1.29 is 9.90 Å². The lowest BCUT2D eigenvalue weighted by molar-refractivity contribution is 0.167. The Bertz CT molecular complexity index is 803. The Morgan fingerprint density at radius 1 is 1.12 bits per heavy atom. The van der Waals surface area contributed by atoms with Crippen molar-refractivity contribution in [3.63, 3.8) is 0 Å². The molecule has 0 radical (unpaired) electrons. The van der Waals surface area contributed by atoms with Gasteiger partial charge in [-0.3, -0.25) is 0 Å². The van der Waals surface area contributed by atoms with Gasteiger partial charge in [0.15, 0.2) is 5.65 Å². The lowest BCUT2D eigenvalue weighted by Crippen LogP contribution is -2.36. The quantitative estimate of drug-likeness (QED) is 0.643. The van der Waals surface area contributed by atoms with Crippen LogP contribution in [0.2, 0.25) is 0 Å². The number of nitrogens with one attached hydrogen (secondary N) is 2. The van der Waals surface area contributed by atoms with Gasteiger partial charge in [0.05, 0.1) is 24.5 Å². The highest BCUT2D eigenvalue weighted by molar-refractivity contribution is 5.73. The minimum atomic E-state index is -0.588. The number of hydrogen-bond donors (Lipinski definition) is 3. The molecule has 3 aromatic rings. The minimum absolute atomic E-state index is 0.285. The van der Waals surface area contributed by atoms with E-state index in [0.717, 1.165) is 16.9 Å². The summed E-state index contributed by atoms with van der Waals surface area (Å²) in [4.78, 5) is 16.0. The zero-order valence-corrected chi connectivity index (χ0v) is 13.1.